The molecule has 0 radical (unpaired) electrons. The van der Waals surface area contributed by atoms with Crippen molar-refractivity contribution in [2.45, 2.75) is 76.0 Å². The molecule has 2 aliphatic carbocycles. The first-order valence-electron chi connectivity index (χ1n) is 13.1. The second-order valence-electron chi connectivity index (χ2n) is 10.0. The zero-order chi connectivity index (χ0) is 24.9. The molecular formula is C26H35N8O2-. The van der Waals surface area contributed by atoms with Crippen molar-refractivity contribution in [3.8, 4) is 0 Å². The van der Waals surface area contributed by atoms with Gasteiger partial charge in [0.05, 0.1) is 12.3 Å². The topological polar surface area (TPSA) is 146 Å². The molecule has 2 fully saturated rings. The van der Waals surface area contributed by atoms with E-state index < -0.39 is 5.97 Å². The number of benzene rings is 1. The molecule has 0 spiro atoms. The lowest BCUT2D eigenvalue weighted by Crippen LogP contribution is -2.33. The first-order valence-corrected chi connectivity index (χ1v) is 13.1. The summed E-state index contributed by atoms with van der Waals surface area (Å²) < 4.78 is 2.23. The van der Waals surface area contributed by atoms with Crippen molar-refractivity contribution in [1.82, 2.24) is 24.8 Å². The summed E-state index contributed by atoms with van der Waals surface area (Å²) in [6.45, 7) is 2.01. The number of carbonyl (C=O) groups is 1. The molecule has 10 heteroatoms. The molecule has 2 aromatic heterocycles. The standard InChI is InChI=1S/C26H36N8O2/c27-19-9-11-20(12-10-19)31-26-32-23(22-24(33-26)34(16-30-22)21-3-1-2-4-21)29-14-13-28-15-17-5-7-18(8-6-17)25(35)36/h5-8,16,19-21,28H,1-4,9-15,27H2,(H,35,36)(H2,29,31,32,33)/p-1. The molecule has 10 nitrogen and oxygen atoms in total. The van der Waals surface area contributed by atoms with Crippen molar-refractivity contribution in [2.24, 2.45) is 5.73 Å². The number of rotatable bonds is 10. The molecule has 192 valence electrons. The first-order chi connectivity index (χ1) is 17.6. The van der Waals surface area contributed by atoms with E-state index in [2.05, 4.69) is 25.5 Å². The van der Waals surface area contributed by atoms with Gasteiger partial charge in [0.15, 0.2) is 17.0 Å². The first kappa shape index (κ1) is 24.5. The molecule has 2 heterocycles. The van der Waals surface area contributed by atoms with Gasteiger partial charge in [-0.2, -0.15) is 9.97 Å². The van der Waals surface area contributed by atoms with Crippen LogP contribution in [0.25, 0.3) is 11.2 Å². The smallest absolute Gasteiger partial charge is 0.227 e. The molecule has 36 heavy (non-hydrogen) atoms. The van der Waals surface area contributed by atoms with Gasteiger partial charge in [-0.05, 0) is 49.7 Å². The quantitative estimate of drug-likeness (QED) is 0.313. The van der Waals surface area contributed by atoms with Crippen LogP contribution in [0.3, 0.4) is 0 Å². The van der Waals surface area contributed by atoms with E-state index in [1.165, 1.54) is 12.8 Å². The lowest BCUT2D eigenvalue weighted by Gasteiger charge is -2.27. The lowest BCUT2D eigenvalue weighted by atomic mass is 9.92. The van der Waals surface area contributed by atoms with Crippen molar-refractivity contribution in [2.75, 3.05) is 23.7 Å². The molecule has 0 unspecified atom stereocenters. The SMILES string of the molecule is NC1CCC(Nc2nc(NCCNCc3ccc(C(=O)[O-])cc3)c3ncn(C4CCCC4)c3n2)CC1. The Balaban J connectivity index is 1.25. The maximum Gasteiger partial charge on any atom is 0.227 e. The Morgan fingerprint density at radius 3 is 2.50 bits per heavy atom. The largest absolute Gasteiger partial charge is 0.545 e. The van der Waals surface area contributed by atoms with Gasteiger partial charge in [0.1, 0.15) is 0 Å². The molecule has 0 bridgehead atoms. The number of nitrogens with one attached hydrogen (secondary N) is 3. The highest BCUT2D eigenvalue weighted by atomic mass is 16.4. The molecule has 0 saturated heterocycles. The van der Waals surface area contributed by atoms with Crippen LogP contribution in [0.1, 0.15) is 73.3 Å². The molecule has 0 aliphatic heterocycles. The number of hydrogen-bond acceptors (Lipinski definition) is 9. The number of nitrogens with two attached hydrogens (primary N) is 1. The van der Waals surface area contributed by atoms with Crippen molar-refractivity contribution >= 4 is 28.9 Å². The predicted octanol–water partition coefficient (Wildman–Crippen LogP) is 2.19. The van der Waals surface area contributed by atoms with Gasteiger partial charge in [0.25, 0.3) is 0 Å². The van der Waals surface area contributed by atoms with Crippen LogP contribution in [0.15, 0.2) is 30.6 Å². The highest BCUT2D eigenvalue weighted by molar-refractivity contribution is 5.85. The average molecular weight is 492 g/mol. The van der Waals surface area contributed by atoms with E-state index in [9.17, 15) is 9.90 Å². The minimum atomic E-state index is -1.16. The summed E-state index contributed by atoms with van der Waals surface area (Å²) >= 11 is 0. The van der Waals surface area contributed by atoms with Gasteiger partial charge in [0, 0.05) is 37.8 Å². The van der Waals surface area contributed by atoms with Gasteiger partial charge >= 0.3 is 0 Å². The van der Waals surface area contributed by atoms with E-state index in [4.69, 9.17) is 15.7 Å². The molecule has 0 atom stereocenters. The highest BCUT2D eigenvalue weighted by Crippen LogP contribution is 2.33. The highest BCUT2D eigenvalue weighted by Gasteiger charge is 2.23. The van der Waals surface area contributed by atoms with Crippen LogP contribution >= 0.6 is 0 Å². The Morgan fingerprint density at radius 1 is 1.03 bits per heavy atom. The average Bonchev–Trinajstić information content (AvgIpc) is 3.55. The minimum Gasteiger partial charge on any atom is -0.545 e. The van der Waals surface area contributed by atoms with Gasteiger partial charge in [-0.3, -0.25) is 0 Å². The van der Waals surface area contributed by atoms with Crippen LogP contribution in [0.5, 0.6) is 0 Å². The van der Waals surface area contributed by atoms with Gasteiger partial charge < -0.3 is 36.2 Å². The molecule has 5 rings (SSSR count). The lowest BCUT2D eigenvalue weighted by molar-refractivity contribution is -0.255. The number of imidazole rings is 1. The van der Waals surface area contributed by atoms with Crippen molar-refractivity contribution < 1.29 is 9.90 Å². The summed E-state index contributed by atoms with van der Waals surface area (Å²) in [5, 5.41) is 21.3. The van der Waals surface area contributed by atoms with E-state index in [1.54, 1.807) is 24.3 Å². The van der Waals surface area contributed by atoms with Crippen LogP contribution in [0.2, 0.25) is 0 Å². The molecule has 2 aliphatic rings. The van der Waals surface area contributed by atoms with Crippen molar-refractivity contribution in [3.05, 3.63) is 41.7 Å². The summed E-state index contributed by atoms with van der Waals surface area (Å²) in [6, 6.07) is 7.81. The van der Waals surface area contributed by atoms with E-state index in [0.29, 0.717) is 43.7 Å². The predicted molar refractivity (Wildman–Crippen MR) is 138 cm³/mol. The fraction of sp³-hybridized carbons (Fsp3) is 0.538. The van der Waals surface area contributed by atoms with Crippen LogP contribution in [0, 0.1) is 0 Å². The van der Waals surface area contributed by atoms with Crippen LogP contribution in [-0.4, -0.2) is 50.7 Å². The van der Waals surface area contributed by atoms with Crippen molar-refractivity contribution in [3.63, 3.8) is 0 Å². The normalized spacial score (nSPS) is 20.6. The third-order valence-corrected chi connectivity index (χ3v) is 7.36. The fourth-order valence-electron chi connectivity index (χ4n) is 5.26. The van der Waals surface area contributed by atoms with E-state index in [-0.39, 0.29) is 5.56 Å². The molecule has 2 saturated carbocycles. The van der Waals surface area contributed by atoms with E-state index in [0.717, 1.165) is 61.1 Å². The maximum absolute atomic E-state index is 10.9. The van der Waals surface area contributed by atoms with Gasteiger partial charge in [0.2, 0.25) is 5.95 Å². The van der Waals surface area contributed by atoms with E-state index >= 15 is 0 Å². The number of carboxylic acid groups (broad SMARTS) is 1. The van der Waals surface area contributed by atoms with Gasteiger partial charge in [-0.15, -0.1) is 0 Å². The third-order valence-electron chi connectivity index (χ3n) is 7.36. The molecule has 5 N–H and O–H groups in total. The number of carboxylic acids is 1. The van der Waals surface area contributed by atoms with E-state index in [1.807, 2.05) is 6.33 Å². The zero-order valence-corrected chi connectivity index (χ0v) is 20.6. The van der Waals surface area contributed by atoms with Gasteiger partial charge in [-0.25, -0.2) is 4.98 Å². The second kappa shape index (κ2) is 11.2. The Kier molecular flexibility index (Phi) is 7.62. The third kappa shape index (κ3) is 5.76. The van der Waals surface area contributed by atoms with Crippen molar-refractivity contribution in [1.29, 1.82) is 0 Å². The monoisotopic (exact) mass is 491 g/mol. The number of hydrogen-bond donors (Lipinski definition) is 4. The number of aromatic carboxylic acids is 1. The maximum atomic E-state index is 10.9. The second-order valence-corrected chi connectivity index (χ2v) is 10.0. The number of anilines is 2. The summed E-state index contributed by atoms with van der Waals surface area (Å²) in [6.07, 6.45) is 10.8. The number of aromatic nitrogens is 4. The molecule has 0 amide bonds. The molecule has 3 aromatic rings. The molecular weight excluding hydrogens is 456 g/mol. The molecule has 1 aromatic carbocycles. The Bertz CT molecular complexity index is 1160. The Hall–Kier alpha value is -3.24. The summed E-state index contributed by atoms with van der Waals surface area (Å²) in [5.74, 6) is 0.226. The Morgan fingerprint density at radius 2 is 1.78 bits per heavy atom. The van der Waals surface area contributed by atoms with Crippen LogP contribution in [0.4, 0.5) is 11.8 Å². The summed E-state index contributed by atoms with van der Waals surface area (Å²) in [5.41, 5.74) is 8.97. The number of carbonyl (C=O) groups excluding carboxylic acids is 1. The fourth-order valence-corrected chi connectivity index (χ4v) is 5.26. The summed E-state index contributed by atoms with van der Waals surface area (Å²) in [7, 11) is 0. The number of nitrogens with zero attached hydrogens (tertiary/aromatic N) is 4. The number of fused-ring (bicyclic) bond motifs is 1. The Labute approximate surface area is 211 Å². The zero-order valence-electron chi connectivity index (χ0n) is 20.6. The van der Waals surface area contributed by atoms with Gasteiger partial charge in [-0.1, -0.05) is 37.1 Å². The minimum absolute atomic E-state index is 0.186. The van der Waals surface area contributed by atoms with Crippen LogP contribution in [-0.2, 0) is 6.54 Å². The summed E-state index contributed by atoms with van der Waals surface area (Å²) in [4.78, 5) is 25.3. The van der Waals surface area contributed by atoms with Crippen LogP contribution < -0.4 is 26.8 Å².